The number of rotatable bonds is 6. The van der Waals surface area contributed by atoms with Crippen LogP contribution in [0.2, 0.25) is 0 Å². The minimum atomic E-state index is -0.601. The molecule has 0 atom stereocenters. The average Bonchev–Trinajstić information content (AvgIpc) is 3.26. The van der Waals surface area contributed by atoms with Gasteiger partial charge in [-0.3, -0.25) is 4.57 Å². The number of benzene rings is 1. The van der Waals surface area contributed by atoms with Crippen LogP contribution >= 0.6 is 0 Å². The first-order valence-corrected chi connectivity index (χ1v) is 10.6. The highest BCUT2D eigenvalue weighted by atomic mass is 19.1. The second-order valence-corrected chi connectivity index (χ2v) is 7.87. The third-order valence-electron chi connectivity index (χ3n) is 5.46. The number of hydrogen-bond acceptors (Lipinski definition) is 7. The molecule has 5 aromatic rings. The van der Waals surface area contributed by atoms with Gasteiger partial charge in [-0.15, -0.1) is 5.10 Å². The fraction of sp³-hybridized carbons (Fsp3) is 0.120. The van der Waals surface area contributed by atoms with E-state index in [9.17, 15) is 9.18 Å². The van der Waals surface area contributed by atoms with Crippen molar-refractivity contribution in [1.82, 2.24) is 29.7 Å². The maximum atomic E-state index is 13.9. The van der Waals surface area contributed by atoms with Gasteiger partial charge in [-0.1, -0.05) is 6.07 Å². The van der Waals surface area contributed by atoms with E-state index in [0.717, 1.165) is 34.3 Å². The standard InChI is InChI=1S/C25H20FN7O/c1-15-13-27-22(26)12-19(15)25-17(9-10-34)4-8-24(30-25)33-14-28-20-11-18(5-6-21(20)33)29-23-7-3-16(2)31-32-23/h3-8,10-14H,9H2,1-2H3,(H,29,32). The Morgan fingerprint density at radius 3 is 2.71 bits per heavy atom. The van der Waals surface area contributed by atoms with E-state index < -0.39 is 5.95 Å². The number of nitrogens with one attached hydrogen (secondary N) is 1. The summed E-state index contributed by atoms with van der Waals surface area (Å²) in [7, 11) is 0. The van der Waals surface area contributed by atoms with Crippen molar-refractivity contribution < 1.29 is 9.18 Å². The van der Waals surface area contributed by atoms with Crippen LogP contribution in [0.5, 0.6) is 0 Å². The van der Waals surface area contributed by atoms with Crippen LogP contribution in [0.25, 0.3) is 28.1 Å². The maximum Gasteiger partial charge on any atom is 0.213 e. The minimum Gasteiger partial charge on any atom is -0.339 e. The number of pyridine rings is 2. The monoisotopic (exact) mass is 453 g/mol. The molecule has 8 nitrogen and oxygen atoms in total. The zero-order chi connectivity index (χ0) is 23.7. The number of imidazole rings is 1. The first kappa shape index (κ1) is 21.3. The van der Waals surface area contributed by atoms with E-state index in [1.165, 1.54) is 12.3 Å². The van der Waals surface area contributed by atoms with Crippen molar-refractivity contribution in [2.75, 3.05) is 5.32 Å². The molecule has 0 spiro atoms. The maximum absolute atomic E-state index is 13.9. The van der Waals surface area contributed by atoms with Gasteiger partial charge in [0, 0.05) is 29.9 Å². The Labute approximate surface area is 194 Å². The summed E-state index contributed by atoms with van der Waals surface area (Å²) >= 11 is 0. The van der Waals surface area contributed by atoms with Crippen LogP contribution in [0, 0.1) is 19.8 Å². The number of hydrogen-bond donors (Lipinski definition) is 1. The molecule has 9 heteroatoms. The van der Waals surface area contributed by atoms with Crippen LogP contribution < -0.4 is 5.32 Å². The van der Waals surface area contributed by atoms with Crippen molar-refractivity contribution >= 4 is 28.8 Å². The Morgan fingerprint density at radius 1 is 1.03 bits per heavy atom. The van der Waals surface area contributed by atoms with Gasteiger partial charge in [-0.25, -0.2) is 15.0 Å². The van der Waals surface area contributed by atoms with Crippen LogP contribution in [-0.4, -0.2) is 36.0 Å². The van der Waals surface area contributed by atoms with E-state index in [-0.39, 0.29) is 6.42 Å². The number of anilines is 2. The number of carbonyl (C=O) groups excluding carboxylic acids is 1. The molecule has 0 amide bonds. The summed E-state index contributed by atoms with van der Waals surface area (Å²) in [6.45, 7) is 3.72. The molecule has 0 radical (unpaired) electrons. The van der Waals surface area contributed by atoms with Gasteiger partial charge in [0.1, 0.15) is 18.4 Å². The molecule has 0 aliphatic heterocycles. The molecule has 5 rings (SSSR count). The zero-order valence-corrected chi connectivity index (χ0v) is 18.5. The van der Waals surface area contributed by atoms with Gasteiger partial charge in [0.05, 0.1) is 22.4 Å². The molecule has 168 valence electrons. The lowest BCUT2D eigenvalue weighted by Gasteiger charge is -2.13. The van der Waals surface area contributed by atoms with Gasteiger partial charge in [0.15, 0.2) is 5.82 Å². The molecule has 0 unspecified atom stereocenters. The van der Waals surface area contributed by atoms with Crippen molar-refractivity contribution in [3.63, 3.8) is 0 Å². The summed E-state index contributed by atoms with van der Waals surface area (Å²) < 4.78 is 15.8. The van der Waals surface area contributed by atoms with Crippen LogP contribution in [0.15, 0.2) is 61.1 Å². The Morgan fingerprint density at radius 2 is 1.91 bits per heavy atom. The number of carbonyl (C=O) groups is 1. The molecule has 0 aliphatic rings. The van der Waals surface area contributed by atoms with Gasteiger partial charge in [-0.2, -0.15) is 9.49 Å². The lowest BCUT2D eigenvalue weighted by Crippen LogP contribution is -2.03. The third-order valence-corrected chi connectivity index (χ3v) is 5.46. The van der Waals surface area contributed by atoms with E-state index in [0.29, 0.717) is 28.5 Å². The van der Waals surface area contributed by atoms with E-state index in [1.807, 2.05) is 60.9 Å². The van der Waals surface area contributed by atoms with E-state index in [1.54, 1.807) is 6.33 Å². The Kier molecular flexibility index (Phi) is 5.51. The molecule has 34 heavy (non-hydrogen) atoms. The van der Waals surface area contributed by atoms with Crippen molar-refractivity contribution in [2.24, 2.45) is 0 Å². The third kappa shape index (κ3) is 4.11. The van der Waals surface area contributed by atoms with Gasteiger partial charge in [0.2, 0.25) is 5.95 Å². The molecule has 0 fully saturated rings. The summed E-state index contributed by atoms with van der Waals surface area (Å²) in [4.78, 5) is 24.3. The first-order chi connectivity index (χ1) is 16.5. The van der Waals surface area contributed by atoms with E-state index in [2.05, 4.69) is 25.5 Å². The highest BCUT2D eigenvalue weighted by molar-refractivity contribution is 5.82. The molecule has 0 bridgehead atoms. The van der Waals surface area contributed by atoms with Gasteiger partial charge in [-0.05, 0) is 61.4 Å². The molecule has 4 heterocycles. The van der Waals surface area contributed by atoms with Crippen molar-refractivity contribution in [3.05, 3.63) is 83.8 Å². The van der Waals surface area contributed by atoms with Crippen LogP contribution in [0.1, 0.15) is 16.8 Å². The minimum absolute atomic E-state index is 0.174. The van der Waals surface area contributed by atoms with Crippen molar-refractivity contribution in [1.29, 1.82) is 0 Å². The number of fused-ring (bicyclic) bond motifs is 1. The smallest absolute Gasteiger partial charge is 0.213 e. The predicted molar refractivity (Wildman–Crippen MR) is 127 cm³/mol. The summed E-state index contributed by atoms with van der Waals surface area (Å²) in [6, 6.07) is 14.5. The summed E-state index contributed by atoms with van der Waals surface area (Å²) in [5, 5.41) is 11.4. The predicted octanol–water partition coefficient (Wildman–Crippen LogP) is 4.51. The van der Waals surface area contributed by atoms with Gasteiger partial charge >= 0.3 is 0 Å². The lowest BCUT2D eigenvalue weighted by molar-refractivity contribution is -0.107. The Bertz CT molecular complexity index is 1510. The molecule has 0 saturated heterocycles. The zero-order valence-electron chi connectivity index (χ0n) is 18.5. The molecule has 0 saturated carbocycles. The number of nitrogens with zero attached hydrogens (tertiary/aromatic N) is 6. The molecule has 4 aromatic heterocycles. The van der Waals surface area contributed by atoms with E-state index in [4.69, 9.17) is 4.98 Å². The molecular weight excluding hydrogens is 433 g/mol. The molecule has 1 aromatic carbocycles. The largest absolute Gasteiger partial charge is 0.339 e. The average molecular weight is 453 g/mol. The fourth-order valence-corrected chi connectivity index (χ4v) is 3.74. The van der Waals surface area contributed by atoms with Crippen molar-refractivity contribution in [2.45, 2.75) is 20.3 Å². The lowest BCUT2D eigenvalue weighted by atomic mass is 10.0. The number of halogens is 1. The Balaban J connectivity index is 1.55. The Hall–Kier alpha value is -4.53. The molecule has 1 N–H and O–H groups in total. The van der Waals surface area contributed by atoms with E-state index >= 15 is 0 Å². The van der Waals surface area contributed by atoms with Crippen LogP contribution in [0.3, 0.4) is 0 Å². The summed E-state index contributed by atoms with van der Waals surface area (Å²) in [6.07, 6.45) is 4.13. The number of aromatic nitrogens is 6. The van der Waals surface area contributed by atoms with Gasteiger partial charge in [0.25, 0.3) is 0 Å². The highest BCUT2D eigenvalue weighted by Gasteiger charge is 2.15. The SMILES string of the molecule is Cc1ccc(Nc2ccc3c(c2)ncn3-c2ccc(CC=O)c(-c3cc(F)ncc3C)n2)nn1. The normalized spacial score (nSPS) is 11.0. The topological polar surface area (TPSA) is 98.5 Å². The second kappa shape index (κ2) is 8.78. The van der Waals surface area contributed by atoms with Crippen molar-refractivity contribution in [3.8, 4) is 17.1 Å². The molecule has 0 aliphatic carbocycles. The van der Waals surface area contributed by atoms with Crippen LogP contribution in [0.4, 0.5) is 15.9 Å². The highest BCUT2D eigenvalue weighted by Crippen LogP contribution is 2.28. The molecular formula is C25H20FN7O. The number of aldehydes is 1. The summed E-state index contributed by atoms with van der Waals surface area (Å²) in [5.74, 6) is 0.645. The van der Waals surface area contributed by atoms with Gasteiger partial charge < -0.3 is 10.1 Å². The first-order valence-electron chi connectivity index (χ1n) is 10.6. The second-order valence-electron chi connectivity index (χ2n) is 7.87. The fourth-order valence-electron chi connectivity index (χ4n) is 3.74. The summed E-state index contributed by atoms with van der Waals surface area (Å²) in [5.41, 5.74) is 5.90. The quantitative estimate of drug-likeness (QED) is 0.298. The number of aryl methyl sites for hydroxylation is 2. The van der Waals surface area contributed by atoms with Crippen LogP contribution in [-0.2, 0) is 11.2 Å².